The average molecular weight is 324 g/mol. The first-order valence-corrected chi connectivity index (χ1v) is 6.88. The van der Waals surface area contributed by atoms with Gasteiger partial charge in [0.25, 0.3) is 0 Å². The smallest absolute Gasteiger partial charge is 0.231 e. The van der Waals surface area contributed by atoms with Gasteiger partial charge in [-0.15, -0.1) is 0 Å². The van der Waals surface area contributed by atoms with Crippen LogP contribution < -0.4 is 14.8 Å². The number of nitrogens with zero attached hydrogens (tertiary/aromatic N) is 2. The zero-order chi connectivity index (χ0) is 13.1. The van der Waals surface area contributed by atoms with E-state index in [1.54, 1.807) is 6.20 Å². The predicted molar refractivity (Wildman–Crippen MR) is 74.2 cm³/mol. The van der Waals surface area contributed by atoms with Crippen LogP contribution in [0.15, 0.2) is 35.1 Å². The van der Waals surface area contributed by atoms with Gasteiger partial charge in [0, 0.05) is 30.0 Å². The highest BCUT2D eigenvalue weighted by Crippen LogP contribution is 2.36. The number of benzene rings is 1. The van der Waals surface area contributed by atoms with E-state index in [4.69, 9.17) is 9.47 Å². The summed E-state index contributed by atoms with van der Waals surface area (Å²) in [6.07, 6.45) is 3.74. The molecule has 1 aromatic heterocycles. The first-order chi connectivity index (χ1) is 9.33. The number of halogens is 1. The second-order valence-corrected chi connectivity index (χ2v) is 5.10. The minimum Gasteiger partial charge on any atom is -0.454 e. The maximum absolute atomic E-state index is 5.37. The van der Waals surface area contributed by atoms with E-state index in [-0.39, 0.29) is 0 Å². The summed E-state index contributed by atoms with van der Waals surface area (Å²) in [5.74, 6) is 1.61. The SMILES string of the molecule is Brc1cc2c(cc1CNCCn1cccn1)OCO2. The Morgan fingerprint density at radius 3 is 2.95 bits per heavy atom. The summed E-state index contributed by atoms with van der Waals surface area (Å²) >= 11 is 3.55. The molecule has 100 valence electrons. The van der Waals surface area contributed by atoms with Crippen molar-refractivity contribution >= 4 is 15.9 Å². The van der Waals surface area contributed by atoms with Crippen LogP contribution in [-0.2, 0) is 13.1 Å². The van der Waals surface area contributed by atoms with E-state index in [1.165, 1.54) is 0 Å². The summed E-state index contributed by atoms with van der Waals surface area (Å²) < 4.78 is 13.6. The third-order valence-corrected chi connectivity index (χ3v) is 3.67. The molecule has 19 heavy (non-hydrogen) atoms. The van der Waals surface area contributed by atoms with Crippen molar-refractivity contribution < 1.29 is 9.47 Å². The van der Waals surface area contributed by atoms with Gasteiger partial charge in [-0.2, -0.15) is 5.10 Å². The summed E-state index contributed by atoms with van der Waals surface area (Å²) in [7, 11) is 0. The molecule has 0 amide bonds. The minimum atomic E-state index is 0.304. The fourth-order valence-electron chi connectivity index (χ4n) is 1.94. The maximum atomic E-state index is 5.37. The summed E-state index contributed by atoms with van der Waals surface area (Å²) in [6, 6.07) is 5.88. The number of hydrogen-bond acceptors (Lipinski definition) is 4. The quantitative estimate of drug-likeness (QED) is 0.857. The molecule has 2 heterocycles. The fraction of sp³-hybridized carbons (Fsp3) is 0.308. The first-order valence-electron chi connectivity index (χ1n) is 6.09. The molecule has 1 aliphatic heterocycles. The second-order valence-electron chi connectivity index (χ2n) is 4.24. The fourth-order valence-corrected chi connectivity index (χ4v) is 2.41. The Hall–Kier alpha value is -1.53. The molecule has 0 aliphatic carbocycles. The molecule has 0 saturated heterocycles. The molecular weight excluding hydrogens is 310 g/mol. The normalized spacial score (nSPS) is 12.9. The molecule has 0 saturated carbocycles. The number of rotatable bonds is 5. The van der Waals surface area contributed by atoms with Crippen LogP contribution in [0.5, 0.6) is 11.5 Å². The molecule has 1 aliphatic rings. The Morgan fingerprint density at radius 1 is 1.32 bits per heavy atom. The van der Waals surface area contributed by atoms with Gasteiger partial charge in [-0.25, -0.2) is 0 Å². The van der Waals surface area contributed by atoms with Crippen LogP contribution in [0.25, 0.3) is 0 Å². The molecule has 0 bridgehead atoms. The van der Waals surface area contributed by atoms with Crippen LogP contribution in [0, 0.1) is 0 Å². The molecule has 5 nitrogen and oxygen atoms in total. The van der Waals surface area contributed by atoms with Crippen molar-refractivity contribution in [2.24, 2.45) is 0 Å². The summed E-state index contributed by atoms with van der Waals surface area (Å²) in [5.41, 5.74) is 1.16. The first kappa shape index (κ1) is 12.5. The van der Waals surface area contributed by atoms with Crippen LogP contribution in [0.3, 0.4) is 0 Å². The molecule has 0 radical (unpaired) electrons. The zero-order valence-electron chi connectivity index (χ0n) is 10.3. The lowest BCUT2D eigenvalue weighted by molar-refractivity contribution is 0.174. The van der Waals surface area contributed by atoms with Crippen LogP contribution in [0.2, 0.25) is 0 Å². The largest absolute Gasteiger partial charge is 0.454 e. The Labute approximate surface area is 119 Å². The molecule has 6 heteroatoms. The van der Waals surface area contributed by atoms with E-state index in [2.05, 4.69) is 26.3 Å². The van der Waals surface area contributed by atoms with Crippen LogP contribution >= 0.6 is 15.9 Å². The van der Waals surface area contributed by atoms with E-state index >= 15 is 0 Å². The van der Waals surface area contributed by atoms with Crippen molar-refractivity contribution in [3.05, 3.63) is 40.6 Å². The lowest BCUT2D eigenvalue weighted by Crippen LogP contribution is -2.19. The second kappa shape index (κ2) is 5.63. The zero-order valence-corrected chi connectivity index (χ0v) is 11.9. The van der Waals surface area contributed by atoms with E-state index < -0.39 is 0 Å². The highest BCUT2D eigenvalue weighted by molar-refractivity contribution is 9.10. The van der Waals surface area contributed by atoms with Gasteiger partial charge in [0.2, 0.25) is 6.79 Å². The molecule has 2 aromatic rings. The lowest BCUT2D eigenvalue weighted by atomic mass is 10.2. The average Bonchev–Trinajstić information content (AvgIpc) is 3.05. The van der Waals surface area contributed by atoms with Gasteiger partial charge in [0.05, 0.1) is 6.54 Å². The van der Waals surface area contributed by atoms with Crippen LogP contribution in [-0.4, -0.2) is 23.1 Å². The molecule has 1 N–H and O–H groups in total. The third-order valence-electron chi connectivity index (χ3n) is 2.93. The molecule has 0 fully saturated rings. The van der Waals surface area contributed by atoms with Gasteiger partial charge in [0.15, 0.2) is 11.5 Å². The van der Waals surface area contributed by atoms with Gasteiger partial charge in [-0.1, -0.05) is 15.9 Å². The Bertz CT molecular complexity index is 557. The molecular formula is C13H14BrN3O2. The highest BCUT2D eigenvalue weighted by Gasteiger charge is 2.15. The van der Waals surface area contributed by atoms with Gasteiger partial charge < -0.3 is 14.8 Å². The van der Waals surface area contributed by atoms with Crippen LogP contribution in [0.1, 0.15) is 5.56 Å². The summed E-state index contributed by atoms with van der Waals surface area (Å²) in [6.45, 7) is 2.80. The molecule has 3 rings (SSSR count). The monoisotopic (exact) mass is 323 g/mol. The van der Waals surface area contributed by atoms with Gasteiger partial charge in [-0.3, -0.25) is 4.68 Å². The number of nitrogens with one attached hydrogen (secondary N) is 1. The lowest BCUT2D eigenvalue weighted by Gasteiger charge is -2.08. The van der Waals surface area contributed by atoms with Crippen molar-refractivity contribution in [2.75, 3.05) is 13.3 Å². The van der Waals surface area contributed by atoms with Crippen molar-refractivity contribution in [1.82, 2.24) is 15.1 Å². The maximum Gasteiger partial charge on any atom is 0.231 e. The summed E-state index contributed by atoms with van der Waals surface area (Å²) in [4.78, 5) is 0. The highest BCUT2D eigenvalue weighted by atomic mass is 79.9. The Morgan fingerprint density at radius 2 is 2.16 bits per heavy atom. The molecule has 0 spiro atoms. The Kier molecular flexibility index (Phi) is 3.70. The van der Waals surface area contributed by atoms with E-state index in [0.29, 0.717) is 6.79 Å². The minimum absolute atomic E-state index is 0.304. The number of fused-ring (bicyclic) bond motifs is 1. The molecule has 0 atom stereocenters. The van der Waals surface area contributed by atoms with E-state index in [1.807, 2.05) is 29.1 Å². The predicted octanol–water partition coefficient (Wildman–Crippen LogP) is 2.16. The van der Waals surface area contributed by atoms with E-state index in [9.17, 15) is 0 Å². The number of hydrogen-bond donors (Lipinski definition) is 1. The van der Waals surface area contributed by atoms with Crippen molar-refractivity contribution in [1.29, 1.82) is 0 Å². The molecule has 1 aromatic carbocycles. The van der Waals surface area contributed by atoms with Gasteiger partial charge in [-0.05, 0) is 23.8 Å². The molecule has 0 unspecified atom stereocenters. The van der Waals surface area contributed by atoms with Crippen molar-refractivity contribution in [2.45, 2.75) is 13.1 Å². The summed E-state index contributed by atoms with van der Waals surface area (Å²) in [5, 5.41) is 7.54. The van der Waals surface area contributed by atoms with Crippen molar-refractivity contribution in [3.8, 4) is 11.5 Å². The van der Waals surface area contributed by atoms with Crippen LogP contribution in [0.4, 0.5) is 0 Å². The topological polar surface area (TPSA) is 48.3 Å². The standard InChI is InChI=1S/C13H14BrN3O2/c14-11-7-13-12(18-9-19-13)6-10(11)8-15-3-5-17-4-1-2-16-17/h1-2,4,6-7,15H,3,5,8-9H2. The Balaban J connectivity index is 1.55. The van der Waals surface area contributed by atoms with E-state index in [0.717, 1.165) is 41.2 Å². The van der Waals surface area contributed by atoms with Gasteiger partial charge >= 0.3 is 0 Å². The van der Waals surface area contributed by atoms with Gasteiger partial charge in [0.1, 0.15) is 0 Å². The third kappa shape index (κ3) is 2.90. The van der Waals surface area contributed by atoms with Crippen molar-refractivity contribution in [3.63, 3.8) is 0 Å². The number of ether oxygens (including phenoxy) is 2. The number of aromatic nitrogens is 2.